The monoisotopic (exact) mass is 236 g/mol. The first-order chi connectivity index (χ1) is 8.83. The zero-order valence-electron chi connectivity index (χ0n) is 9.84. The Hall–Kier alpha value is -2.16. The van der Waals surface area contributed by atoms with Crippen LogP contribution in [0.15, 0.2) is 52.3 Å². The van der Waals surface area contributed by atoms with E-state index in [1.165, 1.54) is 5.56 Å². The number of hydrogen-bond donors (Lipinski definition) is 0. The Morgan fingerprint density at radius 1 is 1.11 bits per heavy atom. The minimum absolute atomic E-state index is 0.0775. The Morgan fingerprint density at radius 2 is 2.00 bits per heavy atom. The van der Waals surface area contributed by atoms with E-state index in [2.05, 4.69) is 6.07 Å². The van der Waals surface area contributed by atoms with Gasteiger partial charge < -0.3 is 4.57 Å². The molecule has 88 valence electrons. The van der Waals surface area contributed by atoms with Crippen molar-refractivity contribution in [1.82, 2.24) is 4.57 Å². The molecular weight excluding hydrogens is 224 g/mol. The molecule has 18 heavy (non-hydrogen) atoms. The SMILES string of the molecule is O=c1cccc2n1CC1Cc3ccccc3N=C21. The van der Waals surface area contributed by atoms with E-state index in [0.29, 0.717) is 5.92 Å². The Morgan fingerprint density at radius 3 is 2.94 bits per heavy atom. The average molecular weight is 236 g/mol. The highest BCUT2D eigenvalue weighted by Gasteiger charge is 2.32. The summed E-state index contributed by atoms with van der Waals surface area (Å²) in [4.78, 5) is 16.6. The fourth-order valence-electron chi connectivity index (χ4n) is 2.95. The Kier molecular flexibility index (Phi) is 1.87. The van der Waals surface area contributed by atoms with Gasteiger partial charge in [0.1, 0.15) is 0 Å². The van der Waals surface area contributed by atoms with E-state index >= 15 is 0 Å². The van der Waals surface area contributed by atoms with Gasteiger partial charge in [-0.05, 0) is 24.1 Å². The smallest absolute Gasteiger partial charge is 0.251 e. The third-order valence-electron chi connectivity index (χ3n) is 3.80. The molecule has 2 aliphatic rings. The molecule has 0 radical (unpaired) electrons. The van der Waals surface area contributed by atoms with Crippen LogP contribution in [0.5, 0.6) is 0 Å². The van der Waals surface area contributed by atoms with Gasteiger partial charge in [-0.3, -0.25) is 9.79 Å². The van der Waals surface area contributed by atoms with Crippen LogP contribution in [0.1, 0.15) is 11.3 Å². The van der Waals surface area contributed by atoms with Crippen molar-refractivity contribution in [3.8, 4) is 0 Å². The summed E-state index contributed by atoms with van der Waals surface area (Å²) in [6.07, 6.45) is 0.982. The molecule has 0 spiro atoms. The van der Waals surface area contributed by atoms with Crippen molar-refractivity contribution in [2.24, 2.45) is 10.9 Å². The highest BCUT2D eigenvalue weighted by molar-refractivity contribution is 6.05. The second kappa shape index (κ2) is 3.42. The number of hydrogen-bond acceptors (Lipinski definition) is 2. The molecule has 1 unspecified atom stereocenters. The number of aliphatic imine (C=N–C) groups is 1. The number of nitrogens with zero attached hydrogens (tertiary/aromatic N) is 2. The van der Waals surface area contributed by atoms with Gasteiger partial charge in [0, 0.05) is 18.5 Å². The van der Waals surface area contributed by atoms with Crippen molar-refractivity contribution in [3.63, 3.8) is 0 Å². The molecule has 0 saturated carbocycles. The van der Waals surface area contributed by atoms with Gasteiger partial charge in [-0.25, -0.2) is 0 Å². The van der Waals surface area contributed by atoms with Gasteiger partial charge in [-0.2, -0.15) is 0 Å². The third-order valence-corrected chi connectivity index (χ3v) is 3.80. The predicted molar refractivity (Wildman–Crippen MR) is 70.5 cm³/mol. The van der Waals surface area contributed by atoms with Gasteiger partial charge >= 0.3 is 0 Å². The molecule has 1 aromatic heterocycles. The maximum absolute atomic E-state index is 11.8. The summed E-state index contributed by atoms with van der Waals surface area (Å²) in [5, 5.41) is 0. The van der Waals surface area contributed by atoms with Crippen molar-refractivity contribution in [3.05, 3.63) is 64.1 Å². The lowest BCUT2D eigenvalue weighted by Crippen LogP contribution is -2.19. The Labute approximate surface area is 104 Å². The summed E-state index contributed by atoms with van der Waals surface area (Å²) in [6, 6.07) is 13.7. The van der Waals surface area contributed by atoms with Crippen molar-refractivity contribution >= 4 is 11.4 Å². The maximum atomic E-state index is 11.8. The molecular formula is C15H12N2O. The summed E-state index contributed by atoms with van der Waals surface area (Å²) in [5.74, 6) is 0.356. The molecule has 2 aromatic rings. The van der Waals surface area contributed by atoms with Crippen LogP contribution in [-0.4, -0.2) is 10.3 Å². The Balaban J connectivity index is 1.95. The topological polar surface area (TPSA) is 34.4 Å². The molecule has 3 nitrogen and oxygen atoms in total. The van der Waals surface area contributed by atoms with E-state index in [0.717, 1.165) is 30.1 Å². The zero-order chi connectivity index (χ0) is 12.1. The average Bonchev–Trinajstić information content (AvgIpc) is 2.76. The van der Waals surface area contributed by atoms with Crippen molar-refractivity contribution in [2.45, 2.75) is 13.0 Å². The van der Waals surface area contributed by atoms with Crippen molar-refractivity contribution < 1.29 is 0 Å². The van der Waals surface area contributed by atoms with Crippen molar-refractivity contribution in [2.75, 3.05) is 0 Å². The van der Waals surface area contributed by atoms with Crippen LogP contribution in [0.4, 0.5) is 5.69 Å². The molecule has 0 fully saturated rings. The van der Waals surface area contributed by atoms with Gasteiger partial charge in [0.05, 0.1) is 17.1 Å². The van der Waals surface area contributed by atoms with Crippen LogP contribution in [0.2, 0.25) is 0 Å². The van der Waals surface area contributed by atoms with Crippen LogP contribution < -0.4 is 5.56 Å². The van der Waals surface area contributed by atoms with Crippen LogP contribution >= 0.6 is 0 Å². The van der Waals surface area contributed by atoms with Crippen LogP contribution in [0.3, 0.4) is 0 Å². The van der Waals surface area contributed by atoms with E-state index in [1.807, 2.05) is 34.9 Å². The first-order valence-corrected chi connectivity index (χ1v) is 6.19. The Bertz CT molecular complexity index is 727. The molecule has 0 bridgehead atoms. The number of fused-ring (bicyclic) bond motifs is 4. The molecule has 0 amide bonds. The molecule has 4 rings (SSSR count). The lowest BCUT2D eigenvalue weighted by molar-refractivity contribution is 0.577. The van der Waals surface area contributed by atoms with E-state index in [1.54, 1.807) is 6.07 Å². The molecule has 0 saturated heterocycles. The lowest BCUT2D eigenvalue weighted by atomic mass is 9.91. The second-order valence-corrected chi connectivity index (χ2v) is 4.89. The summed E-state index contributed by atoms with van der Waals surface area (Å²) < 4.78 is 1.84. The van der Waals surface area contributed by atoms with E-state index in [-0.39, 0.29) is 5.56 Å². The fraction of sp³-hybridized carbons (Fsp3) is 0.200. The quantitative estimate of drug-likeness (QED) is 0.690. The standard InChI is InChI=1S/C15H12N2O/c18-14-7-3-6-13-15-11(9-17(13)14)8-10-4-1-2-5-12(10)16-15/h1-7,11H,8-9H2. The van der Waals surface area contributed by atoms with Crippen LogP contribution in [0, 0.1) is 5.92 Å². The van der Waals surface area contributed by atoms with E-state index < -0.39 is 0 Å². The molecule has 2 aliphatic heterocycles. The number of benzene rings is 1. The molecule has 0 aliphatic carbocycles. The van der Waals surface area contributed by atoms with Gasteiger partial charge in [0.2, 0.25) is 0 Å². The maximum Gasteiger partial charge on any atom is 0.251 e. The van der Waals surface area contributed by atoms with E-state index in [9.17, 15) is 4.79 Å². The van der Waals surface area contributed by atoms with Gasteiger partial charge in [-0.15, -0.1) is 0 Å². The number of aromatic nitrogens is 1. The van der Waals surface area contributed by atoms with Gasteiger partial charge in [0.15, 0.2) is 0 Å². The second-order valence-electron chi connectivity index (χ2n) is 4.89. The summed E-state index contributed by atoms with van der Waals surface area (Å²) in [5.41, 5.74) is 4.47. The highest BCUT2D eigenvalue weighted by atomic mass is 16.1. The summed E-state index contributed by atoms with van der Waals surface area (Å²) >= 11 is 0. The highest BCUT2D eigenvalue weighted by Crippen LogP contribution is 2.34. The first-order valence-electron chi connectivity index (χ1n) is 6.19. The van der Waals surface area contributed by atoms with Crippen molar-refractivity contribution in [1.29, 1.82) is 0 Å². The van der Waals surface area contributed by atoms with Gasteiger partial charge in [-0.1, -0.05) is 24.3 Å². The van der Waals surface area contributed by atoms with Crippen LogP contribution in [-0.2, 0) is 13.0 Å². The summed E-state index contributed by atoms with van der Waals surface area (Å²) in [7, 11) is 0. The number of para-hydroxylation sites is 1. The van der Waals surface area contributed by atoms with E-state index in [4.69, 9.17) is 4.99 Å². The molecule has 1 atom stereocenters. The number of rotatable bonds is 0. The van der Waals surface area contributed by atoms with Crippen LogP contribution in [0.25, 0.3) is 0 Å². The normalized spacial score (nSPS) is 19.8. The molecule has 3 heteroatoms. The minimum atomic E-state index is 0.0775. The third kappa shape index (κ3) is 1.24. The number of pyridine rings is 1. The molecule has 3 heterocycles. The molecule has 1 aromatic carbocycles. The minimum Gasteiger partial charge on any atom is -0.306 e. The predicted octanol–water partition coefficient (Wildman–Crippen LogP) is 2.16. The fourth-order valence-corrected chi connectivity index (χ4v) is 2.95. The summed E-state index contributed by atoms with van der Waals surface area (Å²) in [6.45, 7) is 0.766. The molecule has 0 N–H and O–H groups in total. The largest absolute Gasteiger partial charge is 0.306 e. The first kappa shape index (κ1) is 9.83. The zero-order valence-corrected chi connectivity index (χ0v) is 9.84. The lowest BCUT2D eigenvalue weighted by Gasteiger charge is -2.18. The van der Waals surface area contributed by atoms with Gasteiger partial charge in [0.25, 0.3) is 5.56 Å².